The first-order chi connectivity index (χ1) is 11.3. The molecule has 0 aliphatic heterocycles. The van der Waals surface area contributed by atoms with E-state index in [0.29, 0.717) is 36.3 Å². The van der Waals surface area contributed by atoms with Gasteiger partial charge in [-0.25, -0.2) is 8.42 Å². The van der Waals surface area contributed by atoms with Gasteiger partial charge in [-0.1, -0.05) is 11.6 Å². The van der Waals surface area contributed by atoms with Crippen molar-refractivity contribution in [1.29, 1.82) is 0 Å². The maximum absolute atomic E-state index is 12.6. The van der Waals surface area contributed by atoms with Gasteiger partial charge in [-0.15, -0.1) is 0 Å². The van der Waals surface area contributed by atoms with Gasteiger partial charge in [0.15, 0.2) is 5.76 Å². The van der Waals surface area contributed by atoms with Gasteiger partial charge in [0.2, 0.25) is 0 Å². The minimum atomic E-state index is -3.01. The smallest absolute Gasteiger partial charge is 0.265 e. The summed E-state index contributed by atoms with van der Waals surface area (Å²) in [5, 5.41) is 3.86. The van der Waals surface area contributed by atoms with E-state index in [0.717, 1.165) is 5.56 Å². The summed E-state index contributed by atoms with van der Waals surface area (Å²) in [5.74, 6) is 0.744. The largest absolute Gasteiger partial charge is 0.461 e. The minimum absolute atomic E-state index is 0.0678. The van der Waals surface area contributed by atoms with E-state index in [4.69, 9.17) is 16.0 Å². The summed E-state index contributed by atoms with van der Waals surface area (Å²) in [6, 6.07) is 1.99. The molecule has 1 unspecified atom stereocenters. The number of rotatable bonds is 3. The summed E-state index contributed by atoms with van der Waals surface area (Å²) in [6.07, 6.45) is 5.23. The van der Waals surface area contributed by atoms with Gasteiger partial charge in [0.1, 0.15) is 31.9 Å². The Morgan fingerprint density at radius 3 is 2.46 bits per heavy atom. The molecule has 2 heterocycles. The zero-order valence-corrected chi connectivity index (χ0v) is 16.0. The van der Waals surface area contributed by atoms with E-state index >= 15 is 0 Å². The molecule has 1 aliphatic carbocycles. The standard InChI is InChI=1S/C17H20ClO4S2/c1-11-7-8-23(10-11)17-15(19)14(18)9-22-16(17)12-3-5-13(6-4-12)24(2,20)21/h7-10,12-13H,3-6H2,1-2H3/q+1. The Hall–Kier alpha value is -1.11. The van der Waals surface area contributed by atoms with Crippen LogP contribution in [0.3, 0.4) is 0 Å². The van der Waals surface area contributed by atoms with Crippen LogP contribution >= 0.6 is 22.1 Å². The third kappa shape index (κ3) is 3.46. The van der Waals surface area contributed by atoms with Crippen molar-refractivity contribution in [3.05, 3.63) is 49.7 Å². The molecular weight excluding hydrogens is 368 g/mol. The zero-order chi connectivity index (χ0) is 17.5. The SMILES string of the molecule is Cc1cc[s+](-c2c(C3CCC(S(C)(=O)=O)CC3)occ(Cl)c2=O)c1. The van der Waals surface area contributed by atoms with E-state index < -0.39 is 20.3 Å². The molecule has 0 bridgehead atoms. The zero-order valence-electron chi connectivity index (χ0n) is 13.6. The number of hydrogen-bond donors (Lipinski definition) is 0. The Kier molecular flexibility index (Phi) is 4.91. The summed E-state index contributed by atoms with van der Waals surface area (Å²) in [6.45, 7) is 1.99. The third-order valence-electron chi connectivity index (χ3n) is 4.61. The van der Waals surface area contributed by atoms with E-state index in [1.807, 2.05) is 23.8 Å². The van der Waals surface area contributed by atoms with Crippen LogP contribution in [0.25, 0.3) is 4.90 Å². The van der Waals surface area contributed by atoms with Crippen LogP contribution in [0.4, 0.5) is 0 Å². The summed E-state index contributed by atoms with van der Waals surface area (Å²) < 4.78 is 29.2. The molecule has 0 amide bonds. The maximum atomic E-state index is 12.6. The first-order valence-corrected chi connectivity index (χ1v) is 11.5. The van der Waals surface area contributed by atoms with Crippen LogP contribution in [-0.4, -0.2) is 19.9 Å². The van der Waals surface area contributed by atoms with E-state index in [1.54, 1.807) is 0 Å². The van der Waals surface area contributed by atoms with Gasteiger partial charge >= 0.3 is 0 Å². The van der Waals surface area contributed by atoms with Crippen molar-refractivity contribution >= 4 is 31.9 Å². The number of aryl methyl sites for hydroxylation is 1. The first-order valence-electron chi connectivity index (χ1n) is 7.86. The Morgan fingerprint density at radius 2 is 1.92 bits per heavy atom. The van der Waals surface area contributed by atoms with Crippen molar-refractivity contribution in [2.24, 2.45) is 0 Å². The molecule has 130 valence electrons. The van der Waals surface area contributed by atoms with Crippen molar-refractivity contribution in [3.8, 4) is 4.90 Å². The lowest BCUT2D eigenvalue weighted by Crippen LogP contribution is -2.26. The summed E-state index contributed by atoms with van der Waals surface area (Å²) in [7, 11) is -3.45. The molecule has 1 aliphatic rings. The summed E-state index contributed by atoms with van der Waals surface area (Å²) >= 11 is 6.00. The average Bonchev–Trinajstić information content (AvgIpc) is 2.95. The third-order valence-corrected chi connectivity index (χ3v) is 8.47. The van der Waals surface area contributed by atoms with E-state index in [1.165, 1.54) is 12.5 Å². The van der Waals surface area contributed by atoms with Crippen LogP contribution in [0.5, 0.6) is 0 Å². The molecule has 1 saturated carbocycles. The van der Waals surface area contributed by atoms with E-state index in [-0.39, 0.29) is 21.6 Å². The number of hydrogen-bond acceptors (Lipinski definition) is 4. The van der Waals surface area contributed by atoms with Crippen molar-refractivity contribution < 1.29 is 12.8 Å². The second-order valence-electron chi connectivity index (χ2n) is 6.45. The average molecular weight is 388 g/mol. The minimum Gasteiger partial charge on any atom is -0.461 e. The fourth-order valence-corrected chi connectivity index (χ4v) is 6.55. The molecule has 4 nitrogen and oxygen atoms in total. The van der Waals surface area contributed by atoms with Gasteiger partial charge in [0.25, 0.3) is 10.3 Å². The number of halogens is 1. The van der Waals surface area contributed by atoms with Crippen LogP contribution in [0.1, 0.15) is 42.9 Å². The molecule has 0 spiro atoms. The molecule has 1 fully saturated rings. The lowest BCUT2D eigenvalue weighted by molar-refractivity contribution is 0.368. The highest BCUT2D eigenvalue weighted by atomic mass is 35.5. The highest BCUT2D eigenvalue weighted by Gasteiger charge is 2.34. The van der Waals surface area contributed by atoms with Crippen molar-refractivity contribution in [2.45, 2.75) is 43.8 Å². The topological polar surface area (TPSA) is 64.3 Å². The highest BCUT2D eigenvalue weighted by Crippen LogP contribution is 2.42. The van der Waals surface area contributed by atoms with Crippen LogP contribution in [-0.2, 0) is 9.84 Å². The van der Waals surface area contributed by atoms with Gasteiger partial charge in [0.05, 0.1) is 5.25 Å². The normalized spacial score (nSPS) is 22.5. The van der Waals surface area contributed by atoms with Crippen molar-refractivity contribution in [3.63, 3.8) is 0 Å². The Labute approximate surface area is 149 Å². The maximum Gasteiger partial charge on any atom is 0.265 e. The molecule has 24 heavy (non-hydrogen) atoms. The number of sulfone groups is 1. The number of thiophene rings is 1. The Bertz CT molecular complexity index is 903. The summed E-state index contributed by atoms with van der Waals surface area (Å²) in [4.78, 5) is 13.2. The first kappa shape index (κ1) is 17.7. The van der Waals surface area contributed by atoms with Crippen LogP contribution in [0.2, 0.25) is 5.02 Å². The predicted molar refractivity (Wildman–Crippen MR) is 98.4 cm³/mol. The van der Waals surface area contributed by atoms with Gasteiger partial charge in [-0.05, 0) is 38.7 Å². The Balaban J connectivity index is 1.98. The highest BCUT2D eigenvalue weighted by molar-refractivity contribution is 7.91. The summed E-state index contributed by atoms with van der Waals surface area (Å²) in [5.41, 5.74) is 0.937. The molecule has 2 aromatic rings. The fourth-order valence-electron chi connectivity index (χ4n) is 3.29. The van der Waals surface area contributed by atoms with Crippen LogP contribution in [0, 0.1) is 6.92 Å². The van der Waals surface area contributed by atoms with Gasteiger partial charge in [-0.3, -0.25) is 4.79 Å². The molecular formula is C17H20ClO4S2+. The van der Waals surface area contributed by atoms with Crippen molar-refractivity contribution in [2.75, 3.05) is 6.26 Å². The molecule has 0 aromatic carbocycles. The molecule has 0 radical (unpaired) electrons. The quantitative estimate of drug-likeness (QED) is 0.731. The van der Waals surface area contributed by atoms with Crippen LogP contribution in [0.15, 0.2) is 32.3 Å². The molecule has 2 aromatic heterocycles. The molecule has 0 saturated heterocycles. The van der Waals surface area contributed by atoms with Crippen molar-refractivity contribution in [1.82, 2.24) is 0 Å². The monoisotopic (exact) mass is 387 g/mol. The molecule has 0 N–H and O–H groups in total. The molecule has 3 rings (SSSR count). The molecule has 7 heteroatoms. The lowest BCUT2D eigenvalue weighted by atomic mass is 9.87. The van der Waals surface area contributed by atoms with E-state index in [9.17, 15) is 13.2 Å². The lowest BCUT2D eigenvalue weighted by Gasteiger charge is -2.26. The second-order valence-corrected chi connectivity index (χ2v) is 10.8. The second kappa shape index (κ2) is 6.65. The Morgan fingerprint density at radius 1 is 1.25 bits per heavy atom. The van der Waals surface area contributed by atoms with Gasteiger partial charge in [0, 0.05) is 28.2 Å². The fraction of sp³-hybridized carbons (Fsp3) is 0.471. The molecule has 1 atom stereocenters. The van der Waals surface area contributed by atoms with Crippen LogP contribution < -0.4 is 5.43 Å². The predicted octanol–water partition coefficient (Wildman–Crippen LogP) is 4.41. The van der Waals surface area contributed by atoms with Gasteiger partial charge in [-0.2, -0.15) is 0 Å². The van der Waals surface area contributed by atoms with Gasteiger partial charge < -0.3 is 4.42 Å². The van der Waals surface area contributed by atoms with E-state index in [2.05, 4.69) is 0 Å².